The maximum absolute atomic E-state index is 4.88. The van der Waals surface area contributed by atoms with Crippen LogP contribution in [0.2, 0.25) is 0 Å². The molecule has 1 aliphatic carbocycles. The molecule has 2 N–H and O–H groups in total. The van der Waals surface area contributed by atoms with Crippen molar-refractivity contribution in [1.29, 1.82) is 0 Å². The Bertz CT molecular complexity index is 724. The Labute approximate surface area is 143 Å². The van der Waals surface area contributed by atoms with E-state index in [0.717, 1.165) is 55.6 Å². The highest BCUT2D eigenvalue weighted by Crippen LogP contribution is 2.32. The Morgan fingerprint density at radius 2 is 2.08 bits per heavy atom. The van der Waals surface area contributed by atoms with Gasteiger partial charge in [0, 0.05) is 31.1 Å². The maximum atomic E-state index is 4.88. The van der Waals surface area contributed by atoms with Crippen molar-refractivity contribution in [3.63, 3.8) is 0 Å². The summed E-state index contributed by atoms with van der Waals surface area (Å²) in [7, 11) is 0. The average molecular weight is 323 g/mol. The van der Waals surface area contributed by atoms with Gasteiger partial charge in [0.25, 0.3) is 0 Å². The summed E-state index contributed by atoms with van der Waals surface area (Å²) in [6, 6.07) is 4.15. The van der Waals surface area contributed by atoms with Crippen molar-refractivity contribution in [2.75, 3.05) is 18.4 Å². The first-order valence-corrected chi connectivity index (χ1v) is 9.03. The van der Waals surface area contributed by atoms with E-state index in [0.29, 0.717) is 6.54 Å². The fraction of sp³-hybridized carbons (Fsp3) is 0.526. The molecule has 5 heteroatoms. The number of fused-ring (bicyclic) bond motifs is 1. The standard InChI is InChI=1S/C19H25N5/c1-13-4-9-21-15(10-13)12-22-19-16-5-7-20-8-6-17(16)23-18(24-19)11-14-2-3-14/h4,9-10,14,20H,2-3,5-8,11-12H2,1H3,(H,22,23,24). The van der Waals surface area contributed by atoms with Crippen LogP contribution in [0.1, 0.15) is 41.2 Å². The van der Waals surface area contributed by atoms with Crippen molar-refractivity contribution in [2.45, 2.75) is 45.6 Å². The molecule has 1 saturated carbocycles. The Kier molecular flexibility index (Phi) is 4.43. The van der Waals surface area contributed by atoms with Gasteiger partial charge in [-0.05, 0) is 56.3 Å². The number of aryl methyl sites for hydroxylation is 1. The fourth-order valence-electron chi connectivity index (χ4n) is 3.28. The summed E-state index contributed by atoms with van der Waals surface area (Å²) >= 11 is 0. The molecule has 0 spiro atoms. The molecule has 0 atom stereocenters. The highest BCUT2D eigenvalue weighted by Gasteiger charge is 2.24. The maximum Gasteiger partial charge on any atom is 0.133 e. The topological polar surface area (TPSA) is 62.7 Å². The third-order valence-corrected chi connectivity index (χ3v) is 4.81. The molecular weight excluding hydrogens is 298 g/mol. The minimum atomic E-state index is 0.710. The minimum absolute atomic E-state index is 0.710. The lowest BCUT2D eigenvalue weighted by atomic mass is 10.1. The number of nitrogens with one attached hydrogen (secondary N) is 2. The van der Waals surface area contributed by atoms with Gasteiger partial charge in [0.05, 0.1) is 17.9 Å². The monoisotopic (exact) mass is 323 g/mol. The van der Waals surface area contributed by atoms with E-state index in [2.05, 4.69) is 28.6 Å². The zero-order valence-corrected chi connectivity index (χ0v) is 14.3. The molecule has 1 fully saturated rings. The number of hydrogen-bond acceptors (Lipinski definition) is 5. The van der Waals surface area contributed by atoms with Crippen LogP contribution >= 0.6 is 0 Å². The van der Waals surface area contributed by atoms with E-state index in [1.165, 1.54) is 29.7 Å². The van der Waals surface area contributed by atoms with Crippen LogP contribution in [0.15, 0.2) is 18.3 Å². The summed E-state index contributed by atoms with van der Waals surface area (Å²) in [5.41, 5.74) is 4.80. The van der Waals surface area contributed by atoms with Crippen LogP contribution in [0.5, 0.6) is 0 Å². The fourth-order valence-corrected chi connectivity index (χ4v) is 3.28. The summed E-state index contributed by atoms with van der Waals surface area (Å²) < 4.78 is 0. The molecule has 0 aromatic carbocycles. The first-order chi connectivity index (χ1) is 11.8. The van der Waals surface area contributed by atoms with Crippen LogP contribution < -0.4 is 10.6 Å². The van der Waals surface area contributed by atoms with Crippen molar-refractivity contribution < 1.29 is 0 Å². The van der Waals surface area contributed by atoms with E-state index in [1.54, 1.807) is 0 Å². The molecule has 2 aromatic heterocycles. The van der Waals surface area contributed by atoms with Gasteiger partial charge in [-0.25, -0.2) is 9.97 Å². The van der Waals surface area contributed by atoms with Gasteiger partial charge >= 0.3 is 0 Å². The molecule has 5 nitrogen and oxygen atoms in total. The minimum Gasteiger partial charge on any atom is -0.364 e. The Morgan fingerprint density at radius 3 is 2.92 bits per heavy atom. The van der Waals surface area contributed by atoms with E-state index in [1.807, 2.05) is 12.3 Å². The van der Waals surface area contributed by atoms with Gasteiger partial charge in [-0.15, -0.1) is 0 Å². The highest BCUT2D eigenvalue weighted by molar-refractivity contribution is 5.48. The molecule has 0 saturated heterocycles. The molecule has 2 aromatic rings. The second-order valence-electron chi connectivity index (χ2n) is 6.99. The third-order valence-electron chi connectivity index (χ3n) is 4.81. The summed E-state index contributed by atoms with van der Waals surface area (Å²) in [6.07, 6.45) is 7.54. The zero-order chi connectivity index (χ0) is 16.4. The van der Waals surface area contributed by atoms with Gasteiger partial charge < -0.3 is 10.6 Å². The predicted molar refractivity (Wildman–Crippen MR) is 95.0 cm³/mol. The highest BCUT2D eigenvalue weighted by atomic mass is 15.0. The van der Waals surface area contributed by atoms with Crippen LogP contribution in [0, 0.1) is 12.8 Å². The Morgan fingerprint density at radius 1 is 1.21 bits per heavy atom. The molecule has 0 bridgehead atoms. The van der Waals surface area contributed by atoms with Crippen LogP contribution in [-0.2, 0) is 25.8 Å². The van der Waals surface area contributed by atoms with Crippen LogP contribution in [-0.4, -0.2) is 28.0 Å². The van der Waals surface area contributed by atoms with Gasteiger partial charge in [0.1, 0.15) is 11.6 Å². The number of pyridine rings is 1. The molecule has 0 amide bonds. The average Bonchev–Trinajstić information content (AvgIpc) is 3.39. The third kappa shape index (κ3) is 3.73. The van der Waals surface area contributed by atoms with Gasteiger partial charge in [-0.3, -0.25) is 4.98 Å². The van der Waals surface area contributed by atoms with Gasteiger partial charge in [-0.1, -0.05) is 0 Å². The van der Waals surface area contributed by atoms with Gasteiger partial charge in [0.2, 0.25) is 0 Å². The Balaban J connectivity index is 1.59. The lowest BCUT2D eigenvalue weighted by Crippen LogP contribution is -2.16. The smallest absolute Gasteiger partial charge is 0.133 e. The molecule has 2 aliphatic rings. The molecule has 4 rings (SSSR count). The molecule has 3 heterocycles. The van der Waals surface area contributed by atoms with Crippen LogP contribution in [0.3, 0.4) is 0 Å². The van der Waals surface area contributed by atoms with Crippen molar-refractivity contribution in [3.8, 4) is 0 Å². The van der Waals surface area contributed by atoms with Crippen molar-refractivity contribution in [1.82, 2.24) is 20.3 Å². The quantitative estimate of drug-likeness (QED) is 0.885. The van der Waals surface area contributed by atoms with E-state index in [4.69, 9.17) is 9.97 Å². The summed E-state index contributed by atoms with van der Waals surface area (Å²) in [5.74, 6) is 2.83. The first-order valence-electron chi connectivity index (χ1n) is 9.03. The molecule has 1 aliphatic heterocycles. The number of rotatable bonds is 5. The SMILES string of the molecule is Cc1ccnc(CNc2nc(CC3CC3)nc3c2CCNCC3)c1. The second-order valence-corrected chi connectivity index (χ2v) is 6.99. The molecule has 24 heavy (non-hydrogen) atoms. The predicted octanol–water partition coefficient (Wildman–Crippen LogP) is 2.43. The van der Waals surface area contributed by atoms with Crippen molar-refractivity contribution in [3.05, 3.63) is 46.7 Å². The van der Waals surface area contributed by atoms with Crippen LogP contribution in [0.25, 0.3) is 0 Å². The molecule has 0 radical (unpaired) electrons. The normalized spacial score (nSPS) is 17.2. The molecule has 0 unspecified atom stereocenters. The number of nitrogens with zero attached hydrogens (tertiary/aromatic N) is 3. The lowest BCUT2D eigenvalue weighted by molar-refractivity contribution is 0.706. The van der Waals surface area contributed by atoms with E-state index >= 15 is 0 Å². The summed E-state index contributed by atoms with van der Waals surface area (Å²) in [4.78, 5) is 14.2. The van der Waals surface area contributed by atoms with Crippen molar-refractivity contribution in [2.24, 2.45) is 5.92 Å². The van der Waals surface area contributed by atoms with Crippen molar-refractivity contribution >= 4 is 5.82 Å². The molecular formula is C19H25N5. The van der Waals surface area contributed by atoms with E-state index in [9.17, 15) is 0 Å². The number of anilines is 1. The summed E-state index contributed by atoms with van der Waals surface area (Å²) in [6.45, 7) is 4.81. The largest absolute Gasteiger partial charge is 0.364 e. The van der Waals surface area contributed by atoms with E-state index in [-0.39, 0.29) is 0 Å². The van der Waals surface area contributed by atoms with E-state index < -0.39 is 0 Å². The first kappa shape index (κ1) is 15.5. The summed E-state index contributed by atoms with van der Waals surface area (Å²) in [5, 5.41) is 7.00. The molecule has 126 valence electrons. The van der Waals surface area contributed by atoms with Gasteiger partial charge in [-0.2, -0.15) is 0 Å². The van der Waals surface area contributed by atoms with Crippen LogP contribution in [0.4, 0.5) is 5.82 Å². The zero-order valence-electron chi connectivity index (χ0n) is 14.3. The number of hydrogen-bond donors (Lipinski definition) is 2. The van der Waals surface area contributed by atoms with Gasteiger partial charge in [0.15, 0.2) is 0 Å². The number of aromatic nitrogens is 3. The second kappa shape index (κ2) is 6.85. The Hall–Kier alpha value is -2.01. The lowest BCUT2D eigenvalue weighted by Gasteiger charge is -2.15.